The summed E-state index contributed by atoms with van der Waals surface area (Å²) in [6.07, 6.45) is -2.01. The van der Waals surface area contributed by atoms with Gasteiger partial charge in [0.15, 0.2) is 0 Å². The summed E-state index contributed by atoms with van der Waals surface area (Å²) < 4.78 is 65.4. The molecule has 0 spiro atoms. The molecule has 0 unspecified atom stereocenters. The fraction of sp³-hybridized carbons (Fsp3) is 0.933. The lowest BCUT2D eigenvalue weighted by atomic mass is 9.88. The van der Waals surface area contributed by atoms with Crippen LogP contribution in [0.15, 0.2) is 0 Å². The first-order chi connectivity index (χ1) is 11.1. The molecular weight excluding hydrogens is 345 g/mol. The third kappa shape index (κ3) is 3.05. The van der Waals surface area contributed by atoms with Gasteiger partial charge in [-0.25, -0.2) is 8.42 Å². The topological polar surface area (TPSA) is 80.5 Å². The Morgan fingerprint density at radius 3 is 2.21 bits per heavy atom. The highest BCUT2D eigenvalue weighted by molar-refractivity contribution is 7.89. The average Bonchev–Trinajstić information content (AvgIpc) is 3.06. The standard InChI is InChI=1S/C15H23F3N2O3S/c16-15(17,18)10-4-6-11(7-5-10)24(22,23)20-8-9-2-1-3-12(9)13(20)14(19)21/h9-13H,1-8H2,(H2,19,21)/t9-,10?,11?,12+,13-/m0/s1. The van der Waals surface area contributed by atoms with Crippen molar-refractivity contribution in [1.29, 1.82) is 0 Å². The summed E-state index contributed by atoms with van der Waals surface area (Å²) in [5, 5.41) is -0.836. The van der Waals surface area contributed by atoms with E-state index in [2.05, 4.69) is 0 Å². The molecule has 0 aromatic rings. The Kier molecular flexibility index (Phi) is 4.61. The number of hydrogen-bond acceptors (Lipinski definition) is 3. The van der Waals surface area contributed by atoms with Gasteiger partial charge in [-0.1, -0.05) is 6.42 Å². The number of amides is 1. The molecule has 3 fully saturated rings. The van der Waals surface area contributed by atoms with E-state index in [1.165, 1.54) is 4.31 Å². The number of sulfonamides is 1. The highest BCUT2D eigenvalue weighted by atomic mass is 32.2. The number of fused-ring (bicyclic) bond motifs is 1. The molecule has 138 valence electrons. The molecule has 9 heteroatoms. The second kappa shape index (κ2) is 6.16. The monoisotopic (exact) mass is 368 g/mol. The molecule has 3 aliphatic rings. The van der Waals surface area contributed by atoms with Gasteiger partial charge in [0.1, 0.15) is 6.04 Å². The number of carbonyl (C=O) groups excluding carboxylic acids is 1. The van der Waals surface area contributed by atoms with Crippen LogP contribution in [0.1, 0.15) is 44.9 Å². The second-order valence-electron chi connectivity index (χ2n) is 7.33. The Bertz CT molecular complexity index is 600. The number of nitrogens with two attached hydrogens (primary N) is 1. The fourth-order valence-corrected chi connectivity index (χ4v) is 6.99. The van der Waals surface area contributed by atoms with Gasteiger partial charge in [0, 0.05) is 6.54 Å². The van der Waals surface area contributed by atoms with Crippen LogP contribution in [-0.2, 0) is 14.8 Å². The van der Waals surface area contributed by atoms with Crippen LogP contribution in [0.25, 0.3) is 0 Å². The van der Waals surface area contributed by atoms with Crippen molar-refractivity contribution in [1.82, 2.24) is 4.31 Å². The van der Waals surface area contributed by atoms with Crippen molar-refractivity contribution in [3.8, 4) is 0 Å². The SMILES string of the molecule is NC(=O)[C@@H]1[C@@H]2CCC[C@H]2CN1S(=O)(=O)C1CCC(C(F)(F)F)CC1. The van der Waals surface area contributed by atoms with Crippen molar-refractivity contribution in [3.63, 3.8) is 0 Å². The molecule has 0 aromatic carbocycles. The molecule has 1 aliphatic heterocycles. The Balaban J connectivity index is 1.75. The van der Waals surface area contributed by atoms with Crippen LogP contribution < -0.4 is 5.73 Å². The third-order valence-corrected chi connectivity index (χ3v) is 8.37. The van der Waals surface area contributed by atoms with E-state index in [0.717, 1.165) is 19.3 Å². The molecular formula is C15H23F3N2O3S. The molecule has 3 atom stereocenters. The maximum Gasteiger partial charge on any atom is 0.391 e. The molecule has 0 aromatic heterocycles. The Morgan fingerprint density at radius 1 is 1.04 bits per heavy atom. The number of primary amides is 1. The smallest absolute Gasteiger partial charge is 0.368 e. The minimum absolute atomic E-state index is 0.0101. The van der Waals surface area contributed by atoms with Gasteiger partial charge in [-0.3, -0.25) is 4.79 Å². The largest absolute Gasteiger partial charge is 0.391 e. The Labute approximate surface area is 139 Å². The van der Waals surface area contributed by atoms with Crippen molar-refractivity contribution in [2.75, 3.05) is 6.54 Å². The number of nitrogens with zero attached hydrogens (tertiary/aromatic N) is 1. The molecule has 2 aliphatic carbocycles. The van der Waals surface area contributed by atoms with E-state index in [1.807, 2.05) is 0 Å². The van der Waals surface area contributed by atoms with Gasteiger partial charge in [0.2, 0.25) is 15.9 Å². The molecule has 0 bridgehead atoms. The lowest BCUT2D eigenvalue weighted by Crippen LogP contribution is -2.50. The fourth-order valence-electron chi connectivity index (χ4n) is 4.76. The number of carbonyl (C=O) groups is 1. The van der Waals surface area contributed by atoms with Crippen LogP contribution in [0, 0.1) is 17.8 Å². The lowest BCUT2D eigenvalue weighted by Gasteiger charge is -2.33. The van der Waals surface area contributed by atoms with Crippen molar-refractivity contribution in [2.45, 2.75) is 62.4 Å². The maximum absolute atomic E-state index is 12.9. The summed E-state index contributed by atoms with van der Waals surface area (Å²) >= 11 is 0. The van der Waals surface area contributed by atoms with E-state index < -0.39 is 39.3 Å². The summed E-state index contributed by atoms with van der Waals surface area (Å²) in [5.41, 5.74) is 5.46. The van der Waals surface area contributed by atoms with Crippen LogP contribution in [0.3, 0.4) is 0 Å². The molecule has 2 N–H and O–H groups in total. The van der Waals surface area contributed by atoms with Gasteiger partial charge >= 0.3 is 6.18 Å². The molecule has 0 radical (unpaired) electrons. The van der Waals surface area contributed by atoms with Gasteiger partial charge in [-0.2, -0.15) is 17.5 Å². The van der Waals surface area contributed by atoms with Crippen LogP contribution in [-0.4, -0.2) is 42.6 Å². The maximum atomic E-state index is 12.9. The van der Waals surface area contributed by atoms with Gasteiger partial charge < -0.3 is 5.73 Å². The number of hydrogen-bond donors (Lipinski definition) is 1. The molecule has 1 heterocycles. The summed E-state index contributed by atoms with van der Waals surface area (Å²) in [7, 11) is -3.80. The minimum Gasteiger partial charge on any atom is -0.368 e. The molecule has 3 rings (SSSR count). The van der Waals surface area contributed by atoms with Gasteiger partial charge in [-0.05, 0) is 50.4 Å². The lowest BCUT2D eigenvalue weighted by molar-refractivity contribution is -0.181. The average molecular weight is 368 g/mol. The summed E-state index contributed by atoms with van der Waals surface area (Å²) in [6, 6.07) is -0.831. The zero-order chi connectivity index (χ0) is 17.7. The first kappa shape index (κ1) is 18.0. The second-order valence-corrected chi connectivity index (χ2v) is 9.50. The van der Waals surface area contributed by atoms with Crippen LogP contribution in [0.4, 0.5) is 13.2 Å². The highest BCUT2D eigenvalue weighted by Crippen LogP contribution is 2.46. The Hall–Kier alpha value is -0.830. The number of rotatable bonds is 3. The van der Waals surface area contributed by atoms with Crippen molar-refractivity contribution in [3.05, 3.63) is 0 Å². The van der Waals surface area contributed by atoms with E-state index in [-0.39, 0.29) is 44.1 Å². The zero-order valence-corrected chi connectivity index (χ0v) is 14.2. The predicted octanol–water partition coefficient (Wildman–Crippen LogP) is 2.02. The summed E-state index contributed by atoms with van der Waals surface area (Å²) in [6.45, 7) is 0.278. The van der Waals surface area contributed by atoms with E-state index in [9.17, 15) is 26.4 Å². The van der Waals surface area contributed by atoms with Crippen LogP contribution in [0.2, 0.25) is 0 Å². The third-order valence-electron chi connectivity index (χ3n) is 6.02. The van der Waals surface area contributed by atoms with Crippen LogP contribution in [0.5, 0.6) is 0 Å². The molecule has 1 amide bonds. The Morgan fingerprint density at radius 2 is 1.67 bits per heavy atom. The first-order valence-electron chi connectivity index (χ1n) is 8.49. The van der Waals surface area contributed by atoms with Crippen molar-refractivity contribution >= 4 is 15.9 Å². The van der Waals surface area contributed by atoms with Crippen molar-refractivity contribution < 1.29 is 26.4 Å². The van der Waals surface area contributed by atoms with Gasteiger partial charge in [0.05, 0.1) is 11.2 Å². The normalized spacial score (nSPS) is 38.2. The molecule has 5 nitrogen and oxygen atoms in total. The quantitative estimate of drug-likeness (QED) is 0.828. The highest BCUT2D eigenvalue weighted by Gasteiger charge is 2.53. The number of alkyl halides is 3. The van der Waals surface area contributed by atoms with Crippen LogP contribution >= 0.6 is 0 Å². The van der Waals surface area contributed by atoms with E-state index in [0.29, 0.717) is 0 Å². The molecule has 24 heavy (non-hydrogen) atoms. The summed E-state index contributed by atoms with van der Waals surface area (Å²) in [4.78, 5) is 11.8. The van der Waals surface area contributed by atoms with E-state index >= 15 is 0 Å². The van der Waals surface area contributed by atoms with Gasteiger partial charge in [-0.15, -0.1) is 0 Å². The number of halogens is 3. The summed E-state index contributed by atoms with van der Waals surface area (Å²) in [5.74, 6) is -1.96. The zero-order valence-electron chi connectivity index (χ0n) is 13.3. The van der Waals surface area contributed by atoms with Gasteiger partial charge in [0.25, 0.3) is 0 Å². The minimum atomic E-state index is -4.27. The van der Waals surface area contributed by atoms with E-state index in [1.54, 1.807) is 0 Å². The molecule has 1 saturated heterocycles. The van der Waals surface area contributed by atoms with Crippen molar-refractivity contribution in [2.24, 2.45) is 23.5 Å². The van der Waals surface area contributed by atoms with E-state index in [4.69, 9.17) is 5.73 Å². The predicted molar refractivity (Wildman–Crippen MR) is 81.2 cm³/mol. The molecule has 2 saturated carbocycles. The first-order valence-corrected chi connectivity index (χ1v) is 9.99.